The molecule has 4 atom stereocenters. The summed E-state index contributed by atoms with van der Waals surface area (Å²) in [7, 11) is 1.44. The second-order valence-corrected chi connectivity index (χ2v) is 9.17. The van der Waals surface area contributed by atoms with Crippen molar-refractivity contribution in [1.82, 2.24) is 15.1 Å². The third-order valence-electron chi connectivity index (χ3n) is 6.06. The van der Waals surface area contributed by atoms with Crippen molar-refractivity contribution in [2.75, 3.05) is 26.7 Å². The highest BCUT2D eigenvalue weighted by Gasteiger charge is 2.45. The van der Waals surface area contributed by atoms with E-state index < -0.39 is 54.0 Å². The van der Waals surface area contributed by atoms with Crippen molar-refractivity contribution in [2.24, 2.45) is 11.5 Å². The Balaban J connectivity index is 0.000000646. The van der Waals surface area contributed by atoms with Crippen molar-refractivity contribution in [3.8, 4) is 0 Å². The second-order valence-electron chi connectivity index (χ2n) is 9.17. The van der Waals surface area contributed by atoms with E-state index in [1.807, 2.05) is 30.3 Å². The van der Waals surface area contributed by atoms with Gasteiger partial charge >= 0.3 is 23.9 Å². The molecular weight excluding hydrogens is 510 g/mol. The van der Waals surface area contributed by atoms with Crippen LogP contribution in [-0.4, -0.2) is 101 Å². The number of urea groups is 1. The number of nitrogens with two attached hydrogens (primary N) is 2. The summed E-state index contributed by atoms with van der Waals surface area (Å²) in [6, 6.07) is 5.21. The van der Waals surface area contributed by atoms with Gasteiger partial charge in [-0.2, -0.15) is 0 Å². The Morgan fingerprint density at radius 2 is 1.77 bits per heavy atom. The highest BCUT2D eigenvalue weighted by molar-refractivity contribution is 6.02. The van der Waals surface area contributed by atoms with Crippen LogP contribution < -0.4 is 16.8 Å². The topological polar surface area (TPSA) is 206 Å². The number of unbranched alkanes of at least 4 members (excludes halogenated alkanes) is 1. The molecule has 0 aliphatic carbocycles. The van der Waals surface area contributed by atoms with Gasteiger partial charge in [0.05, 0.1) is 19.2 Å². The van der Waals surface area contributed by atoms with Gasteiger partial charge in [0.1, 0.15) is 12.1 Å². The van der Waals surface area contributed by atoms with E-state index in [0.717, 1.165) is 23.3 Å². The first-order valence-corrected chi connectivity index (χ1v) is 12.9. The van der Waals surface area contributed by atoms with Crippen LogP contribution in [0, 0.1) is 0 Å². The number of benzene rings is 1. The maximum absolute atomic E-state index is 12.8. The monoisotopic (exact) mass is 551 g/mol. The lowest BCUT2D eigenvalue weighted by Gasteiger charge is -2.26. The van der Waals surface area contributed by atoms with E-state index in [-0.39, 0.29) is 13.2 Å². The van der Waals surface area contributed by atoms with Crippen LogP contribution in [0.3, 0.4) is 0 Å². The fourth-order valence-corrected chi connectivity index (χ4v) is 3.85. The molecule has 13 nitrogen and oxygen atoms in total. The molecule has 1 fully saturated rings. The number of carboxylic acid groups (broad SMARTS) is 2. The number of carboxylic acids is 2. The summed E-state index contributed by atoms with van der Waals surface area (Å²) < 4.78 is 5.10. The maximum Gasteiger partial charge on any atom is 0.328 e. The van der Waals surface area contributed by atoms with Crippen LogP contribution in [0.2, 0.25) is 0 Å². The van der Waals surface area contributed by atoms with Gasteiger partial charge in [-0.05, 0) is 51.6 Å². The van der Waals surface area contributed by atoms with Crippen LogP contribution in [-0.2, 0) is 30.3 Å². The first-order valence-electron chi connectivity index (χ1n) is 12.9. The lowest BCUT2D eigenvalue weighted by atomic mass is 10.0. The van der Waals surface area contributed by atoms with E-state index in [1.54, 1.807) is 6.92 Å². The molecule has 1 aliphatic heterocycles. The summed E-state index contributed by atoms with van der Waals surface area (Å²) >= 11 is 0. The molecule has 2 rings (SSSR count). The van der Waals surface area contributed by atoms with Crippen LogP contribution >= 0.6 is 0 Å². The summed E-state index contributed by atoms with van der Waals surface area (Å²) in [5.74, 6) is -3.38. The van der Waals surface area contributed by atoms with Gasteiger partial charge in [-0.25, -0.2) is 14.5 Å². The molecule has 1 aromatic rings. The van der Waals surface area contributed by atoms with E-state index >= 15 is 0 Å². The molecule has 39 heavy (non-hydrogen) atoms. The maximum atomic E-state index is 12.8. The Bertz CT molecular complexity index is 961. The van der Waals surface area contributed by atoms with Crippen LogP contribution in [0.25, 0.3) is 0 Å². The van der Waals surface area contributed by atoms with Crippen molar-refractivity contribution in [3.63, 3.8) is 0 Å². The van der Waals surface area contributed by atoms with Gasteiger partial charge in [0.25, 0.3) is 0 Å². The standard InChI is InChI=1S/C20H27N3O6.C6H14N2O2/c1-4-29-19(27)15(11-10-14-8-6-5-7-9-14)21-13(2)17(24)23-16(18(25)26)12-22(3)20(23)28;7-4-2-1-3-5(8)6(9)10/h5-9,13,15-16,21H,4,10-12H2,1-3H3,(H,25,26);5H,1-4,7-8H2,(H,9,10)/t13-,15-,16-;/m0./s1. The van der Waals surface area contributed by atoms with Gasteiger partial charge in [0, 0.05) is 7.05 Å². The Morgan fingerprint density at radius 1 is 1.13 bits per heavy atom. The number of aryl methyl sites for hydroxylation is 1. The molecule has 218 valence electrons. The number of aliphatic carboxylic acids is 2. The summed E-state index contributed by atoms with van der Waals surface area (Å²) in [5, 5.41) is 20.6. The average molecular weight is 552 g/mol. The number of esters is 1. The van der Waals surface area contributed by atoms with Gasteiger partial charge in [-0.3, -0.25) is 19.7 Å². The molecular formula is C26H41N5O8. The SMILES string of the molecule is CCOC(=O)[C@H](CCc1ccccc1)N[C@@H](C)C(=O)N1C(=O)N(C)C[C@H]1C(=O)O.NCCCCC(N)C(=O)O. The third kappa shape index (κ3) is 11.0. The molecule has 3 amide bonds. The number of amides is 3. The van der Waals surface area contributed by atoms with Crippen molar-refractivity contribution in [2.45, 2.75) is 70.1 Å². The van der Waals surface area contributed by atoms with E-state index in [9.17, 15) is 29.1 Å². The minimum absolute atomic E-state index is 0.0814. The Labute approximate surface area is 228 Å². The van der Waals surface area contributed by atoms with Gasteiger partial charge in [0.2, 0.25) is 5.91 Å². The number of carbonyl (C=O) groups excluding carboxylic acids is 3. The molecule has 0 saturated carbocycles. The molecule has 1 aliphatic rings. The molecule has 0 aromatic heterocycles. The van der Waals surface area contributed by atoms with Crippen molar-refractivity contribution >= 4 is 29.8 Å². The number of hydrogen-bond acceptors (Lipinski definition) is 9. The molecule has 1 saturated heterocycles. The Kier molecular flexibility index (Phi) is 14.7. The third-order valence-corrected chi connectivity index (χ3v) is 6.06. The van der Waals surface area contributed by atoms with Crippen LogP contribution in [0.5, 0.6) is 0 Å². The predicted octanol–water partition coefficient (Wildman–Crippen LogP) is 0.404. The molecule has 1 unspecified atom stereocenters. The molecule has 13 heteroatoms. The molecule has 1 aromatic carbocycles. The van der Waals surface area contributed by atoms with Crippen LogP contribution in [0.1, 0.15) is 45.1 Å². The first kappa shape index (κ1) is 33.5. The van der Waals surface area contributed by atoms with E-state index in [1.165, 1.54) is 18.9 Å². The number of imide groups is 1. The van der Waals surface area contributed by atoms with Crippen molar-refractivity contribution < 1.29 is 38.9 Å². The van der Waals surface area contributed by atoms with Gasteiger partial charge in [0.15, 0.2) is 6.04 Å². The molecule has 0 bridgehead atoms. The summed E-state index contributed by atoms with van der Waals surface area (Å²) in [4.78, 5) is 60.9. The highest BCUT2D eigenvalue weighted by Crippen LogP contribution is 2.17. The first-order chi connectivity index (χ1) is 18.4. The number of hydrogen-bond donors (Lipinski definition) is 5. The molecule has 0 radical (unpaired) electrons. The van der Waals surface area contributed by atoms with Crippen LogP contribution in [0.15, 0.2) is 30.3 Å². The number of nitrogens with zero attached hydrogens (tertiary/aromatic N) is 2. The highest BCUT2D eigenvalue weighted by atomic mass is 16.5. The second kappa shape index (κ2) is 17.1. The fraction of sp³-hybridized carbons (Fsp3) is 0.577. The van der Waals surface area contributed by atoms with E-state index in [4.69, 9.17) is 21.3 Å². The minimum atomic E-state index is -1.26. The Hall–Kier alpha value is -3.55. The van der Waals surface area contributed by atoms with E-state index in [0.29, 0.717) is 25.8 Å². The van der Waals surface area contributed by atoms with Crippen LogP contribution in [0.4, 0.5) is 4.79 Å². The number of ether oxygens (including phenoxy) is 1. The largest absolute Gasteiger partial charge is 0.480 e. The minimum Gasteiger partial charge on any atom is -0.480 e. The zero-order valence-corrected chi connectivity index (χ0v) is 22.7. The zero-order chi connectivity index (χ0) is 29.5. The average Bonchev–Trinajstić information content (AvgIpc) is 3.21. The number of carbonyl (C=O) groups is 5. The Morgan fingerprint density at radius 3 is 2.31 bits per heavy atom. The predicted molar refractivity (Wildman–Crippen MR) is 143 cm³/mol. The molecule has 7 N–H and O–H groups in total. The number of likely N-dealkylation sites (N-methyl/N-ethyl adjacent to an activating group) is 1. The van der Waals surface area contributed by atoms with Gasteiger partial charge < -0.3 is 31.3 Å². The lowest BCUT2D eigenvalue weighted by Crippen LogP contribution is -2.54. The quantitative estimate of drug-likeness (QED) is 0.158. The summed E-state index contributed by atoms with van der Waals surface area (Å²) in [6.07, 6.45) is 3.13. The van der Waals surface area contributed by atoms with Crippen molar-refractivity contribution in [3.05, 3.63) is 35.9 Å². The van der Waals surface area contributed by atoms with Gasteiger partial charge in [-0.1, -0.05) is 36.8 Å². The summed E-state index contributed by atoms with van der Waals surface area (Å²) in [6.45, 7) is 3.91. The van der Waals surface area contributed by atoms with Gasteiger partial charge in [-0.15, -0.1) is 0 Å². The number of rotatable bonds is 14. The normalized spacial score (nSPS) is 17.1. The van der Waals surface area contributed by atoms with Crippen molar-refractivity contribution in [1.29, 1.82) is 0 Å². The fourth-order valence-electron chi connectivity index (χ4n) is 3.85. The lowest BCUT2D eigenvalue weighted by molar-refractivity contribution is -0.148. The molecule has 0 spiro atoms. The zero-order valence-electron chi connectivity index (χ0n) is 22.7. The number of nitrogens with one attached hydrogen (secondary N) is 1. The molecule has 1 heterocycles. The van der Waals surface area contributed by atoms with E-state index in [2.05, 4.69) is 5.32 Å². The summed E-state index contributed by atoms with van der Waals surface area (Å²) in [5.41, 5.74) is 11.5. The smallest absolute Gasteiger partial charge is 0.328 e.